The van der Waals surface area contributed by atoms with Crippen molar-refractivity contribution < 1.29 is 0 Å². The van der Waals surface area contributed by atoms with Gasteiger partial charge in [-0.3, -0.25) is 0 Å². The molecule has 0 aliphatic carbocycles. The second-order valence-electron chi connectivity index (χ2n) is 6.79. The van der Waals surface area contributed by atoms with Crippen molar-refractivity contribution in [3.8, 4) is 0 Å². The molecule has 0 amide bonds. The number of hydrogen-bond donors (Lipinski definition) is 1. The highest BCUT2D eigenvalue weighted by Crippen LogP contribution is 2.23. The van der Waals surface area contributed by atoms with Crippen LogP contribution in [0.3, 0.4) is 0 Å². The lowest BCUT2D eigenvalue weighted by Gasteiger charge is -2.28. The summed E-state index contributed by atoms with van der Waals surface area (Å²) in [4.78, 5) is 2.78. The molecule has 1 rings (SSSR count). The van der Waals surface area contributed by atoms with Crippen molar-refractivity contribution in [2.45, 2.75) is 72.3 Å². The zero-order valence-electron chi connectivity index (χ0n) is 13.8. The van der Waals surface area contributed by atoms with Crippen LogP contribution in [-0.4, -0.2) is 37.1 Å². The van der Waals surface area contributed by atoms with Crippen LogP contribution >= 0.6 is 0 Å². The first-order valence-electron chi connectivity index (χ1n) is 8.62. The summed E-state index contributed by atoms with van der Waals surface area (Å²) in [6.07, 6.45) is 8.28. The molecule has 1 aliphatic heterocycles. The maximum absolute atomic E-state index is 3.63. The van der Waals surface area contributed by atoms with E-state index in [1.54, 1.807) is 0 Å². The van der Waals surface area contributed by atoms with E-state index >= 15 is 0 Å². The molecule has 1 aliphatic rings. The van der Waals surface area contributed by atoms with Crippen molar-refractivity contribution in [1.82, 2.24) is 10.2 Å². The molecule has 0 aromatic carbocycles. The van der Waals surface area contributed by atoms with Crippen LogP contribution < -0.4 is 5.32 Å². The van der Waals surface area contributed by atoms with Crippen LogP contribution in [0.15, 0.2) is 0 Å². The Hall–Kier alpha value is -0.0800. The van der Waals surface area contributed by atoms with Crippen LogP contribution in [0.1, 0.15) is 66.2 Å². The number of hydrogen-bond acceptors (Lipinski definition) is 2. The Morgan fingerprint density at radius 1 is 1.16 bits per heavy atom. The molecule has 0 saturated carbocycles. The van der Waals surface area contributed by atoms with Gasteiger partial charge in [-0.25, -0.2) is 0 Å². The van der Waals surface area contributed by atoms with Gasteiger partial charge in [0.2, 0.25) is 0 Å². The maximum atomic E-state index is 3.63. The van der Waals surface area contributed by atoms with E-state index in [4.69, 9.17) is 0 Å². The van der Waals surface area contributed by atoms with Gasteiger partial charge >= 0.3 is 0 Å². The van der Waals surface area contributed by atoms with Crippen molar-refractivity contribution in [3.05, 3.63) is 0 Å². The summed E-state index contributed by atoms with van der Waals surface area (Å²) in [6, 6.07) is 0.861. The Kier molecular flexibility index (Phi) is 8.72. The highest BCUT2D eigenvalue weighted by molar-refractivity contribution is 4.82. The molecular formula is C17H36N2. The average molecular weight is 268 g/mol. The Bertz CT molecular complexity index is 215. The van der Waals surface area contributed by atoms with Gasteiger partial charge < -0.3 is 10.2 Å². The molecule has 0 bridgehead atoms. The second kappa shape index (κ2) is 9.77. The summed E-state index contributed by atoms with van der Waals surface area (Å²) in [6.45, 7) is 14.3. The summed E-state index contributed by atoms with van der Waals surface area (Å²) in [5, 5.41) is 3.63. The van der Waals surface area contributed by atoms with Gasteiger partial charge in [-0.05, 0) is 50.7 Å². The van der Waals surface area contributed by atoms with Crippen LogP contribution in [-0.2, 0) is 0 Å². The summed E-state index contributed by atoms with van der Waals surface area (Å²) in [5.74, 6) is 1.66. The Morgan fingerprint density at radius 2 is 1.95 bits per heavy atom. The molecule has 1 heterocycles. The molecule has 1 N–H and O–H groups in total. The summed E-state index contributed by atoms with van der Waals surface area (Å²) in [7, 11) is 0. The van der Waals surface area contributed by atoms with Gasteiger partial charge in [-0.2, -0.15) is 0 Å². The Balaban J connectivity index is 2.27. The van der Waals surface area contributed by atoms with Crippen LogP contribution in [0.4, 0.5) is 0 Å². The Labute approximate surface area is 121 Å². The molecule has 114 valence electrons. The van der Waals surface area contributed by atoms with Gasteiger partial charge in [0.1, 0.15) is 0 Å². The van der Waals surface area contributed by atoms with Gasteiger partial charge in [-0.15, -0.1) is 0 Å². The van der Waals surface area contributed by atoms with Gasteiger partial charge in [0.15, 0.2) is 0 Å². The number of unbranched alkanes of at least 4 members (excludes halogenated alkanes) is 1. The molecule has 0 aromatic rings. The van der Waals surface area contributed by atoms with Gasteiger partial charge in [0.05, 0.1) is 0 Å². The van der Waals surface area contributed by atoms with Crippen LogP contribution in [0, 0.1) is 11.8 Å². The first-order chi connectivity index (χ1) is 9.17. The molecule has 0 spiro atoms. The first kappa shape index (κ1) is 17.0. The van der Waals surface area contributed by atoms with Gasteiger partial charge in [-0.1, -0.05) is 47.0 Å². The van der Waals surface area contributed by atoms with Crippen molar-refractivity contribution in [3.63, 3.8) is 0 Å². The van der Waals surface area contributed by atoms with Crippen molar-refractivity contribution in [2.24, 2.45) is 11.8 Å². The predicted octanol–water partition coefficient (Wildman–Crippen LogP) is 3.91. The quantitative estimate of drug-likeness (QED) is 0.646. The third-order valence-electron chi connectivity index (χ3n) is 4.33. The van der Waals surface area contributed by atoms with E-state index in [2.05, 4.69) is 37.9 Å². The zero-order valence-corrected chi connectivity index (χ0v) is 13.8. The van der Waals surface area contributed by atoms with E-state index < -0.39 is 0 Å². The molecule has 2 heteroatoms. The maximum Gasteiger partial charge on any atom is 0.00952 e. The van der Waals surface area contributed by atoms with Crippen LogP contribution in [0.2, 0.25) is 0 Å². The molecule has 2 nitrogen and oxygen atoms in total. The number of nitrogens with zero attached hydrogens (tertiary/aromatic N) is 1. The summed E-state index contributed by atoms with van der Waals surface area (Å²) in [5.41, 5.74) is 0. The standard InChI is InChI=1S/C17H36N2/c1-5-7-9-17(8-6-2)19-11-10-16(14-19)13-18-12-15(3)4/h15-18H,5-14H2,1-4H3. The molecule has 19 heavy (non-hydrogen) atoms. The largest absolute Gasteiger partial charge is 0.316 e. The number of likely N-dealkylation sites (tertiary alicyclic amines) is 1. The topological polar surface area (TPSA) is 15.3 Å². The zero-order chi connectivity index (χ0) is 14.1. The highest BCUT2D eigenvalue weighted by Gasteiger charge is 2.27. The lowest BCUT2D eigenvalue weighted by molar-refractivity contribution is 0.206. The fourth-order valence-corrected chi connectivity index (χ4v) is 3.22. The average Bonchev–Trinajstić information content (AvgIpc) is 2.82. The van der Waals surface area contributed by atoms with E-state index in [0.29, 0.717) is 0 Å². The van der Waals surface area contributed by atoms with E-state index in [-0.39, 0.29) is 0 Å². The normalized spacial score (nSPS) is 22.3. The molecule has 0 radical (unpaired) electrons. The predicted molar refractivity (Wildman–Crippen MR) is 85.6 cm³/mol. The van der Waals surface area contributed by atoms with Crippen LogP contribution in [0.5, 0.6) is 0 Å². The first-order valence-corrected chi connectivity index (χ1v) is 8.62. The Morgan fingerprint density at radius 3 is 2.58 bits per heavy atom. The monoisotopic (exact) mass is 268 g/mol. The van der Waals surface area contributed by atoms with E-state index in [1.165, 1.54) is 64.7 Å². The third-order valence-corrected chi connectivity index (χ3v) is 4.33. The molecular weight excluding hydrogens is 232 g/mol. The van der Waals surface area contributed by atoms with Crippen molar-refractivity contribution in [2.75, 3.05) is 26.2 Å². The molecule has 1 fully saturated rings. The number of nitrogens with one attached hydrogen (secondary N) is 1. The fourth-order valence-electron chi connectivity index (χ4n) is 3.22. The minimum Gasteiger partial charge on any atom is -0.316 e. The van der Waals surface area contributed by atoms with Gasteiger partial charge in [0, 0.05) is 12.6 Å². The lowest BCUT2D eigenvalue weighted by atomic mass is 10.0. The summed E-state index contributed by atoms with van der Waals surface area (Å²) < 4.78 is 0. The number of rotatable bonds is 10. The molecule has 1 saturated heterocycles. The molecule has 2 atom stereocenters. The minimum atomic E-state index is 0.773. The van der Waals surface area contributed by atoms with Crippen molar-refractivity contribution in [1.29, 1.82) is 0 Å². The minimum absolute atomic E-state index is 0.773. The van der Waals surface area contributed by atoms with E-state index in [9.17, 15) is 0 Å². The third kappa shape index (κ3) is 6.76. The highest BCUT2D eigenvalue weighted by atomic mass is 15.2. The molecule has 0 aromatic heterocycles. The molecule has 2 unspecified atom stereocenters. The van der Waals surface area contributed by atoms with E-state index in [1.807, 2.05) is 0 Å². The smallest absolute Gasteiger partial charge is 0.00952 e. The van der Waals surface area contributed by atoms with E-state index in [0.717, 1.165) is 17.9 Å². The lowest BCUT2D eigenvalue weighted by Crippen LogP contribution is -2.35. The van der Waals surface area contributed by atoms with Crippen molar-refractivity contribution >= 4 is 0 Å². The SMILES string of the molecule is CCCCC(CCC)N1CCC(CNCC(C)C)C1. The summed E-state index contributed by atoms with van der Waals surface area (Å²) >= 11 is 0. The second-order valence-corrected chi connectivity index (χ2v) is 6.79. The fraction of sp³-hybridized carbons (Fsp3) is 1.00. The van der Waals surface area contributed by atoms with Crippen LogP contribution in [0.25, 0.3) is 0 Å². The van der Waals surface area contributed by atoms with Gasteiger partial charge in [0.25, 0.3) is 0 Å².